The molecular formula is C20H20FN3O. The highest BCUT2D eigenvalue weighted by Gasteiger charge is 2.16. The van der Waals surface area contributed by atoms with Crippen LogP contribution >= 0.6 is 0 Å². The lowest BCUT2D eigenvalue weighted by Crippen LogP contribution is -2.02. The van der Waals surface area contributed by atoms with Gasteiger partial charge in [0.15, 0.2) is 11.6 Å². The van der Waals surface area contributed by atoms with E-state index < -0.39 is 0 Å². The van der Waals surface area contributed by atoms with E-state index in [9.17, 15) is 4.39 Å². The maximum absolute atomic E-state index is 13.9. The van der Waals surface area contributed by atoms with Crippen molar-refractivity contribution in [3.8, 4) is 11.4 Å². The van der Waals surface area contributed by atoms with Crippen molar-refractivity contribution in [3.63, 3.8) is 0 Å². The van der Waals surface area contributed by atoms with E-state index in [1.54, 1.807) is 12.1 Å². The molecule has 2 aromatic carbocycles. The Labute approximate surface area is 145 Å². The number of aromatic nitrogens is 3. The third-order valence-corrected chi connectivity index (χ3v) is 4.68. The number of ether oxygens (including phenoxy) is 1. The fourth-order valence-corrected chi connectivity index (χ4v) is 3.38. The molecule has 0 saturated carbocycles. The minimum atomic E-state index is -0.358. The summed E-state index contributed by atoms with van der Waals surface area (Å²) in [6.45, 7) is 4.32. The Morgan fingerprint density at radius 2 is 1.80 bits per heavy atom. The molecule has 0 radical (unpaired) electrons. The van der Waals surface area contributed by atoms with Gasteiger partial charge in [0, 0.05) is 35.3 Å². The Bertz CT molecular complexity index is 1090. The third kappa shape index (κ3) is 2.38. The minimum absolute atomic E-state index is 0.247. The van der Waals surface area contributed by atoms with Gasteiger partial charge < -0.3 is 9.30 Å². The van der Waals surface area contributed by atoms with Crippen LogP contribution in [-0.2, 0) is 7.05 Å². The Morgan fingerprint density at radius 3 is 2.52 bits per heavy atom. The van der Waals surface area contributed by atoms with Crippen LogP contribution < -0.4 is 4.74 Å². The fourth-order valence-electron chi connectivity index (χ4n) is 3.38. The molecule has 25 heavy (non-hydrogen) atoms. The first-order valence-electron chi connectivity index (χ1n) is 8.30. The van der Waals surface area contributed by atoms with Crippen molar-refractivity contribution in [2.24, 2.45) is 7.05 Å². The quantitative estimate of drug-likeness (QED) is 0.538. The average Bonchev–Trinajstić information content (AvgIpc) is 3.14. The summed E-state index contributed by atoms with van der Waals surface area (Å²) >= 11 is 0. The van der Waals surface area contributed by atoms with Crippen LogP contribution in [0.4, 0.5) is 4.39 Å². The predicted molar refractivity (Wildman–Crippen MR) is 98.1 cm³/mol. The zero-order valence-corrected chi connectivity index (χ0v) is 14.7. The molecule has 0 bridgehead atoms. The lowest BCUT2D eigenvalue weighted by atomic mass is 10.1. The van der Waals surface area contributed by atoms with Gasteiger partial charge in [-0.1, -0.05) is 13.8 Å². The van der Waals surface area contributed by atoms with Crippen molar-refractivity contribution in [1.29, 1.82) is 0 Å². The van der Waals surface area contributed by atoms with Crippen molar-refractivity contribution in [2.45, 2.75) is 19.8 Å². The van der Waals surface area contributed by atoms with Gasteiger partial charge in [0.25, 0.3) is 0 Å². The topological polar surface area (TPSA) is 32.0 Å². The largest absolute Gasteiger partial charge is 0.494 e. The van der Waals surface area contributed by atoms with Crippen LogP contribution in [0.3, 0.4) is 0 Å². The first-order valence-corrected chi connectivity index (χ1v) is 8.30. The van der Waals surface area contributed by atoms with E-state index in [-0.39, 0.29) is 11.6 Å². The molecule has 4 aromatic rings. The van der Waals surface area contributed by atoms with Crippen molar-refractivity contribution in [1.82, 2.24) is 14.3 Å². The second-order valence-corrected chi connectivity index (χ2v) is 6.62. The van der Waals surface area contributed by atoms with Gasteiger partial charge in [-0.2, -0.15) is 5.10 Å². The van der Waals surface area contributed by atoms with E-state index in [0.29, 0.717) is 5.92 Å². The van der Waals surface area contributed by atoms with Gasteiger partial charge in [0.2, 0.25) is 0 Å². The average molecular weight is 337 g/mol. The summed E-state index contributed by atoms with van der Waals surface area (Å²) in [5.74, 6) is 0.213. The van der Waals surface area contributed by atoms with Crippen LogP contribution in [0.5, 0.6) is 5.75 Å². The number of hydrogen-bond donors (Lipinski definition) is 0. The molecule has 2 aromatic heterocycles. The normalized spacial score (nSPS) is 11.8. The Balaban J connectivity index is 2.06. The van der Waals surface area contributed by atoms with E-state index in [1.165, 1.54) is 18.9 Å². The number of fused-ring (bicyclic) bond motifs is 2. The summed E-state index contributed by atoms with van der Waals surface area (Å²) in [5, 5.41) is 6.56. The maximum Gasteiger partial charge on any atom is 0.165 e. The molecule has 2 heterocycles. The lowest BCUT2D eigenvalue weighted by molar-refractivity contribution is 0.386. The SMILES string of the molecule is COc1cc(-n2c(C(C)C)cc3cc4c(cnn4C)cc32)ccc1F. The number of aryl methyl sites for hydroxylation is 1. The second-order valence-electron chi connectivity index (χ2n) is 6.62. The van der Waals surface area contributed by atoms with Crippen molar-refractivity contribution in [3.05, 3.63) is 54.1 Å². The molecule has 0 amide bonds. The van der Waals surface area contributed by atoms with Gasteiger partial charge in [0.1, 0.15) is 0 Å². The van der Waals surface area contributed by atoms with Crippen LogP contribution in [0.1, 0.15) is 25.5 Å². The van der Waals surface area contributed by atoms with Crippen molar-refractivity contribution < 1.29 is 9.13 Å². The number of rotatable bonds is 3. The molecule has 0 fully saturated rings. The van der Waals surface area contributed by atoms with Crippen LogP contribution in [0.2, 0.25) is 0 Å². The van der Waals surface area contributed by atoms with Crippen LogP contribution in [0.15, 0.2) is 42.6 Å². The minimum Gasteiger partial charge on any atom is -0.494 e. The molecule has 4 nitrogen and oxygen atoms in total. The third-order valence-electron chi connectivity index (χ3n) is 4.68. The van der Waals surface area contributed by atoms with E-state index >= 15 is 0 Å². The Hall–Kier alpha value is -2.82. The fraction of sp³-hybridized carbons (Fsp3) is 0.250. The summed E-state index contributed by atoms with van der Waals surface area (Å²) in [5.41, 5.74) is 4.24. The Morgan fingerprint density at radius 1 is 1.04 bits per heavy atom. The first-order chi connectivity index (χ1) is 12.0. The number of methoxy groups -OCH3 is 1. The molecule has 4 rings (SSSR count). The van der Waals surface area contributed by atoms with E-state index in [4.69, 9.17) is 4.74 Å². The molecule has 0 atom stereocenters. The van der Waals surface area contributed by atoms with E-state index in [2.05, 4.69) is 41.7 Å². The van der Waals surface area contributed by atoms with Gasteiger partial charge >= 0.3 is 0 Å². The van der Waals surface area contributed by atoms with Crippen molar-refractivity contribution >= 4 is 21.8 Å². The predicted octanol–water partition coefficient (Wildman–Crippen LogP) is 4.79. The monoisotopic (exact) mass is 337 g/mol. The molecule has 0 aliphatic heterocycles. The van der Waals surface area contributed by atoms with Gasteiger partial charge in [-0.25, -0.2) is 4.39 Å². The van der Waals surface area contributed by atoms with Crippen LogP contribution in [0, 0.1) is 5.82 Å². The highest BCUT2D eigenvalue weighted by Crippen LogP contribution is 2.33. The molecule has 0 N–H and O–H groups in total. The maximum atomic E-state index is 13.9. The molecule has 0 saturated heterocycles. The summed E-state index contributed by atoms with van der Waals surface area (Å²) in [7, 11) is 3.43. The van der Waals surface area contributed by atoms with Crippen LogP contribution in [0.25, 0.3) is 27.5 Å². The highest BCUT2D eigenvalue weighted by atomic mass is 19.1. The molecule has 5 heteroatoms. The zero-order chi connectivity index (χ0) is 17.7. The first kappa shape index (κ1) is 15.7. The summed E-state index contributed by atoms with van der Waals surface area (Å²) in [6.07, 6.45) is 1.87. The van der Waals surface area contributed by atoms with E-state index in [0.717, 1.165) is 27.5 Å². The molecular weight excluding hydrogens is 317 g/mol. The van der Waals surface area contributed by atoms with Gasteiger partial charge in [-0.15, -0.1) is 0 Å². The number of halogens is 1. The van der Waals surface area contributed by atoms with Gasteiger partial charge in [-0.05, 0) is 36.2 Å². The van der Waals surface area contributed by atoms with Crippen LogP contribution in [-0.4, -0.2) is 21.5 Å². The molecule has 0 unspecified atom stereocenters. The summed E-state index contributed by atoms with van der Waals surface area (Å²) < 4.78 is 23.1. The van der Waals surface area contributed by atoms with E-state index in [1.807, 2.05) is 17.9 Å². The van der Waals surface area contributed by atoms with Gasteiger partial charge in [0.05, 0.1) is 24.3 Å². The second kappa shape index (κ2) is 5.62. The number of hydrogen-bond acceptors (Lipinski definition) is 2. The van der Waals surface area contributed by atoms with Crippen molar-refractivity contribution in [2.75, 3.05) is 7.11 Å². The zero-order valence-electron chi connectivity index (χ0n) is 14.7. The summed E-state index contributed by atoms with van der Waals surface area (Å²) in [6, 6.07) is 11.5. The highest BCUT2D eigenvalue weighted by molar-refractivity contribution is 5.96. The Kier molecular flexibility index (Phi) is 3.53. The van der Waals surface area contributed by atoms with Gasteiger partial charge in [-0.3, -0.25) is 4.68 Å². The number of nitrogens with zero attached hydrogens (tertiary/aromatic N) is 3. The molecule has 0 aliphatic rings. The molecule has 128 valence electrons. The summed E-state index contributed by atoms with van der Waals surface area (Å²) in [4.78, 5) is 0. The smallest absolute Gasteiger partial charge is 0.165 e. The molecule has 0 aliphatic carbocycles. The molecule has 0 spiro atoms. The lowest BCUT2D eigenvalue weighted by Gasteiger charge is -2.14. The number of benzene rings is 2. The standard InChI is InChI=1S/C20H20FN3O/c1-12(2)17-7-13-8-18-14(11-22-23(18)3)9-19(13)24(17)15-5-6-16(21)20(10-15)25-4/h5-12H,1-4H3.